The molecule has 0 saturated heterocycles. The minimum atomic E-state index is 0.297. The van der Waals surface area contributed by atoms with Gasteiger partial charge in [-0.3, -0.25) is 0 Å². The van der Waals surface area contributed by atoms with E-state index in [4.69, 9.17) is 0 Å². The van der Waals surface area contributed by atoms with Gasteiger partial charge in [-0.2, -0.15) is 0 Å². The summed E-state index contributed by atoms with van der Waals surface area (Å²) in [4.78, 5) is 0. The summed E-state index contributed by atoms with van der Waals surface area (Å²) in [5, 5.41) is 3.40. The normalized spacial score (nSPS) is 18.7. The molecule has 2 rings (SSSR count). The van der Waals surface area contributed by atoms with E-state index in [1.165, 1.54) is 28.4 Å². The molecule has 0 aliphatic heterocycles. The van der Waals surface area contributed by atoms with Crippen molar-refractivity contribution in [2.24, 2.45) is 0 Å². The predicted molar refractivity (Wildman–Crippen MR) is 58.9 cm³/mol. The Balaban J connectivity index is 2.37. The van der Waals surface area contributed by atoms with E-state index in [0.717, 1.165) is 0 Å². The van der Waals surface area contributed by atoms with Crippen LogP contribution in [-0.2, 0) is 5.54 Å². The van der Waals surface area contributed by atoms with Crippen molar-refractivity contribution in [2.45, 2.75) is 25.3 Å². The molecule has 70 valence electrons. The smallest absolute Gasteiger partial charge is 0.0433 e. The Labute approximate surface area is 87.7 Å². The Hall–Kier alpha value is -0.340. The van der Waals surface area contributed by atoms with Gasteiger partial charge in [0, 0.05) is 10.0 Å². The van der Waals surface area contributed by atoms with Gasteiger partial charge in [0.2, 0.25) is 0 Å². The fourth-order valence-corrected chi connectivity index (χ4v) is 2.00. The minimum absolute atomic E-state index is 0.297. The van der Waals surface area contributed by atoms with Crippen molar-refractivity contribution >= 4 is 15.9 Å². The SMILES string of the molecule is CNC1(c2ccc(Br)c(C)c2)CC1. The van der Waals surface area contributed by atoms with E-state index < -0.39 is 0 Å². The summed E-state index contributed by atoms with van der Waals surface area (Å²) in [6.07, 6.45) is 2.54. The van der Waals surface area contributed by atoms with Crippen LogP contribution in [0.15, 0.2) is 22.7 Å². The lowest BCUT2D eigenvalue weighted by molar-refractivity contribution is 0.585. The molecule has 0 bridgehead atoms. The van der Waals surface area contributed by atoms with Crippen molar-refractivity contribution in [3.05, 3.63) is 33.8 Å². The summed E-state index contributed by atoms with van der Waals surface area (Å²) < 4.78 is 1.20. The highest BCUT2D eigenvalue weighted by Gasteiger charge is 2.42. The zero-order valence-corrected chi connectivity index (χ0v) is 9.61. The molecule has 0 heterocycles. The van der Waals surface area contributed by atoms with Crippen molar-refractivity contribution in [3.8, 4) is 0 Å². The molecule has 1 aromatic rings. The van der Waals surface area contributed by atoms with E-state index in [1.807, 2.05) is 7.05 Å². The second kappa shape index (κ2) is 3.10. The lowest BCUT2D eigenvalue weighted by Crippen LogP contribution is -2.24. The molecule has 2 heteroatoms. The van der Waals surface area contributed by atoms with Gasteiger partial charge in [0.1, 0.15) is 0 Å². The van der Waals surface area contributed by atoms with Crippen molar-refractivity contribution < 1.29 is 0 Å². The van der Waals surface area contributed by atoms with Crippen LogP contribution < -0.4 is 5.32 Å². The summed E-state index contributed by atoms with van der Waals surface area (Å²) in [6.45, 7) is 2.14. The third-order valence-electron chi connectivity index (χ3n) is 2.94. The summed E-state index contributed by atoms with van der Waals surface area (Å²) in [5.74, 6) is 0. The fourth-order valence-electron chi connectivity index (χ4n) is 1.75. The maximum atomic E-state index is 3.52. The van der Waals surface area contributed by atoms with Crippen molar-refractivity contribution in [3.63, 3.8) is 0 Å². The largest absolute Gasteiger partial charge is 0.310 e. The molecule has 0 spiro atoms. The molecule has 1 aliphatic rings. The van der Waals surface area contributed by atoms with Gasteiger partial charge in [-0.05, 0) is 44.0 Å². The molecule has 1 aliphatic carbocycles. The number of benzene rings is 1. The van der Waals surface area contributed by atoms with Crippen LogP contribution in [-0.4, -0.2) is 7.05 Å². The third-order valence-corrected chi connectivity index (χ3v) is 3.83. The van der Waals surface area contributed by atoms with Crippen LogP contribution in [0.5, 0.6) is 0 Å². The maximum absolute atomic E-state index is 3.52. The average Bonchev–Trinajstić information content (AvgIpc) is 2.90. The van der Waals surface area contributed by atoms with Crippen LogP contribution in [0, 0.1) is 6.92 Å². The number of hydrogen-bond donors (Lipinski definition) is 1. The van der Waals surface area contributed by atoms with Gasteiger partial charge >= 0.3 is 0 Å². The summed E-state index contributed by atoms with van der Waals surface area (Å²) >= 11 is 3.52. The second-order valence-electron chi connectivity index (χ2n) is 3.80. The van der Waals surface area contributed by atoms with Crippen molar-refractivity contribution in [1.82, 2.24) is 5.32 Å². The molecular weight excluding hydrogens is 226 g/mol. The number of nitrogens with one attached hydrogen (secondary N) is 1. The topological polar surface area (TPSA) is 12.0 Å². The van der Waals surface area contributed by atoms with E-state index in [0.29, 0.717) is 5.54 Å². The van der Waals surface area contributed by atoms with Gasteiger partial charge in [-0.15, -0.1) is 0 Å². The molecule has 0 atom stereocenters. The number of rotatable bonds is 2. The molecule has 0 unspecified atom stereocenters. The Kier molecular flexibility index (Phi) is 2.20. The molecule has 0 radical (unpaired) electrons. The number of aryl methyl sites for hydroxylation is 1. The molecule has 1 fully saturated rings. The molecule has 1 nitrogen and oxygen atoms in total. The summed E-state index contributed by atoms with van der Waals surface area (Å²) in [6, 6.07) is 6.62. The van der Waals surface area contributed by atoms with Gasteiger partial charge in [-0.1, -0.05) is 28.1 Å². The van der Waals surface area contributed by atoms with Crippen molar-refractivity contribution in [2.75, 3.05) is 7.05 Å². The standard InChI is InChI=1S/C11H14BrN/c1-8-7-9(3-4-10(8)12)11(13-2)5-6-11/h3-4,7,13H,5-6H2,1-2H3. The zero-order valence-electron chi connectivity index (χ0n) is 8.02. The highest BCUT2D eigenvalue weighted by Crippen LogP contribution is 2.45. The van der Waals surface area contributed by atoms with Crippen LogP contribution in [0.2, 0.25) is 0 Å². The van der Waals surface area contributed by atoms with Gasteiger partial charge in [0.05, 0.1) is 0 Å². The van der Waals surface area contributed by atoms with Crippen LogP contribution in [0.1, 0.15) is 24.0 Å². The zero-order chi connectivity index (χ0) is 9.47. The van der Waals surface area contributed by atoms with Gasteiger partial charge in [0.15, 0.2) is 0 Å². The van der Waals surface area contributed by atoms with Gasteiger partial charge in [0.25, 0.3) is 0 Å². The minimum Gasteiger partial charge on any atom is -0.310 e. The van der Waals surface area contributed by atoms with E-state index in [1.54, 1.807) is 0 Å². The molecule has 1 N–H and O–H groups in total. The van der Waals surface area contributed by atoms with Crippen LogP contribution in [0.4, 0.5) is 0 Å². The number of halogens is 1. The Morgan fingerprint density at radius 2 is 2.08 bits per heavy atom. The predicted octanol–water partition coefficient (Wildman–Crippen LogP) is 2.97. The third kappa shape index (κ3) is 1.53. The quantitative estimate of drug-likeness (QED) is 0.837. The Bertz CT molecular complexity index is 329. The Morgan fingerprint density at radius 3 is 2.54 bits per heavy atom. The first kappa shape index (κ1) is 9.22. The summed E-state index contributed by atoms with van der Waals surface area (Å²) in [5.41, 5.74) is 3.04. The van der Waals surface area contributed by atoms with Crippen LogP contribution in [0.25, 0.3) is 0 Å². The number of hydrogen-bond acceptors (Lipinski definition) is 1. The first-order chi connectivity index (χ1) is 6.18. The second-order valence-corrected chi connectivity index (χ2v) is 4.65. The van der Waals surface area contributed by atoms with Gasteiger partial charge in [-0.25, -0.2) is 0 Å². The van der Waals surface area contributed by atoms with E-state index in [-0.39, 0.29) is 0 Å². The molecular formula is C11H14BrN. The van der Waals surface area contributed by atoms with E-state index in [2.05, 4.69) is 46.4 Å². The monoisotopic (exact) mass is 239 g/mol. The van der Waals surface area contributed by atoms with E-state index >= 15 is 0 Å². The molecule has 0 amide bonds. The Morgan fingerprint density at radius 1 is 1.38 bits per heavy atom. The van der Waals surface area contributed by atoms with Gasteiger partial charge < -0.3 is 5.32 Å². The highest BCUT2D eigenvalue weighted by molar-refractivity contribution is 9.10. The molecule has 13 heavy (non-hydrogen) atoms. The van der Waals surface area contributed by atoms with Crippen molar-refractivity contribution in [1.29, 1.82) is 0 Å². The maximum Gasteiger partial charge on any atom is 0.0433 e. The average molecular weight is 240 g/mol. The van der Waals surface area contributed by atoms with Crippen LogP contribution >= 0.6 is 15.9 Å². The molecule has 1 aromatic carbocycles. The first-order valence-electron chi connectivity index (χ1n) is 4.63. The highest BCUT2D eigenvalue weighted by atomic mass is 79.9. The molecule has 0 aromatic heterocycles. The molecule has 1 saturated carbocycles. The van der Waals surface area contributed by atoms with E-state index in [9.17, 15) is 0 Å². The lowest BCUT2D eigenvalue weighted by atomic mass is 10.0. The summed E-state index contributed by atoms with van der Waals surface area (Å²) in [7, 11) is 2.05. The first-order valence-corrected chi connectivity index (χ1v) is 5.43. The van der Waals surface area contributed by atoms with Crippen LogP contribution in [0.3, 0.4) is 0 Å². The lowest BCUT2D eigenvalue weighted by Gasteiger charge is -2.15. The fraction of sp³-hybridized carbons (Fsp3) is 0.455.